The monoisotopic (exact) mass is 450 g/mol. The van der Waals surface area contributed by atoms with E-state index < -0.39 is 18.0 Å². The fourth-order valence-electron chi connectivity index (χ4n) is 4.54. The first-order valence-electron chi connectivity index (χ1n) is 10.3. The Morgan fingerprint density at radius 1 is 1.03 bits per heavy atom. The van der Waals surface area contributed by atoms with Crippen LogP contribution < -0.4 is 4.90 Å². The van der Waals surface area contributed by atoms with E-state index in [2.05, 4.69) is 21.4 Å². The van der Waals surface area contributed by atoms with Crippen molar-refractivity contribution in [2.75, 3.05) is 31.1 Å². The van der Waals surface area contributed by atoms with Gasteiger partial charge in [0.05, 0.1) is 10.3 Å². The summed E-state index contributed by atoms with van der Waals surface area (Å²) in [5.74, 6) is -0.953. The minimum atomic E-state index is -1.00. The van der Waals surface area contributed by atoms with Crippen LogP contribution in [0.25, 0.3) is 21.0 Å². The first-order chi connectivity index (χ1) is 15.4. The minimum absolute atomic E-state index is 0.182. The summed E-state index contributed by atoms with van der Waals surface area (Å²) < 4.78 is 7.57. The summed E-state index contributed by atoms with van der Waals surface area (Å²) in [6.45, 7) is 2.55. The number of aromatic carboxylic acids is 1. The second-order valence-corrected chi connectivity index (χ2v) is 8.80. The zero-order valence-electron chi connectivity index (χ0n) is 17.4. The molecule has 0 amide bonds. The maximum atomic E-state index is 12.3. The average molecular weight is 451 g/mol. The van der Waals surface area contributed by atoms with Crippen LogP contribution in [0, 0.1) is 0 Å². The molecule has 2 aromatic heterocycles. The largest absolute Gasteiger partial charge is 0.480 e. The second-order valence-electron chi connectivity index (χ2n) is 8.00. The molecule has 1 unspecified atom stereocenters. The summed E-state index contributed by atoms with van der Waals surface area (Å²) in [6, 6.07) is 12.2. The lowest BCUT2D eigenvalue weighted by molar-refractivity contribution is -0.143. The van der Waals surface area contributed by atoms with Crippen LogP contribution in [0.3, 0.4) is 0 Å². The number of aliphatic carboxylic acids is 1. The normalized spacial score (nSPS) is 16.0. The van der Waals surface area contributed by atoms with Crippen LogP contribution >= 0.6 is 11.5 Å². The molecule has 9 heteroatoms. The fraction of sp³-hybridized carbons (Fsp3) is 0.261. The maximum Gasteiger partial charge on any atom is 0.335 e. The lowest BCUT2D eigenvalue weighted by atomic mass is 10.0. The standard InChI is InChI=1S/C23H22N4O4S/c1-25-13-17(15-7-6-14(22(28)29)12-18(15)25)20(23(30)31)26-8-10-27(11-9-26)21-16-4-2-3-5-19(16)32-24-21/h2-7,12-13,20H,8-11H2,1H3,(H,28,29)(H,30,31). The van der Waals surface area contributed by atoms with Crippen molar-refractivity contribution in [1.82, 2.24) is 13.8 Å². The van der Waals surface area contributed by atoms with Gasteiger partial charge in [0.25, 0.3) is 0 Å². The van der Waals surface area contributed by atoms with Gasteiger partial charge in [-0.2, -0.15) is 4.37 Å². The van der Waals surface area contributed by atoms with Crippen LogP contribution in [0.4, 0.5) is 5.82 Å². The molecule has 1 fully saturated rings. The van der Waals surface area contributed by atoms with Gasteiger partial charge in [0.15, 0.2) is 0 Å². The number of benzene rings is 2. The summed E-state index contributed by atoms with van der Waals surface area (Å²) in [4.78, 5) is 27.9. The predicted molar refractivity (Wildman–Crippen MR) is 124 cm³/mol. The molecule has 5 rings (SSSR count). The number of fused-ring (bicyclic) bond motifs is 2. The van der Waals surface area contributed by atoms with Gasteiger partial charge in [-0.25, -0.2) is 4.79 Å². The molecule has 164 valence electrons. The van der Waals surface area contributed by atoms with Gasteiger partial charge in [-0.3, -0.25) is 9.69 Å². The molecule has 1 aliphatic heterocycles. The SMILES string of the molecule is Cn1cc(C(C(=O)O)N2CCN(c3nsc4ccccc34)CC2)c2ccc(C(=O)O)cc21. The van der Waals surface area contributed by atoms with Gasteiger partial charge in [0.2, 0.25) is 0 Å². The molecular weight excluding hydrogens is 428 g/mol. The second kappa shape index (κ2) is 7.92. The number of rotatable bonds is 5. The lowest BCUT2D eigenvalue weighted by Crippen LogP contribution is -2.49. The highest BCUT2D eigenvalue weighted by atomic mass is 32.1. The molecule has 32 heavy (non-hydrogen) atoms. The van der Waals surface area contributed by atoms with Crippen molar-refractivity contribution in [3.63, 3.8) is 0 Å². The summed E-state index contributed by atoms with van der Waals surface area (Å²) in [5.41, 5.74) is 1.57. The third-order valence-corrected chi connectivity index (χ3v) is 6.95. The van der Waals surface area contributed by atoms with E-state index >= 15 is 0 Å². The summed E-state index contributed by atoms with van der Waals surface area (Å²) >= 11 is 1.48. The fourth-order valence-corrected chi connectivity index (χ4v) is 5.34. The quantitative estimate of drug-likeness (QED) is 0.481. The molecule has 2 N–H and O–H groups in total. The molecule has 1 saturated heterocycles. The van der Waals surface area contributed by atoms with Gasteiger partial charge in [0, 0.05) is 61.3 Å². The smallest absolute Gasteiger partial charge is 0.335 e. The van der Waals surface area contributed by atoms with Crippen LogP contribution in [-0.2, 0) is 11.8 Å². The number of hydrogen-bond donors (Lipinski definition) is 2. The zero-order chi connectivity index (χ0) is 22.4. The first kappa shape index (κ1) is 20.5. The number of aromatic nitrogens is 2. The topological polar surface area (TPSA) is 98.9 Å². The Balaban J connectivity index is 1.42. The molecule has 0 radical (unpaired) electrons. The number of anilines is 1. The molecule has 2 aromatic carbocycles. The highest BCUT2D eigenvalue weighted by Gasteiger charge is 2.33. The molecule has 4 aromatic rings. The number of nitrogens with zero attached hydrogens (tertiary/aromatic N) is 4. The van der Waals surface area contributed by atoms with Crippen molar-refractivity contribution in [1.29, 1.82) is 0 Å². The van der Waals surface area contributed by atoms with Crippen LogP contribution in [0.2, 0.25) is 0 Å². The van der Waals surface area contributed by atoms with Crippen molar-refractivity contribution in [3.8, 4) is 0 Å². The summed E-state index contributed by atoms with van der Waals surface area (Å²) in [6.07, 6.45) is 1.80. The van der Waals surface area contributed by atoms with Crippen LogP contribution in [0.1, 0.15) is 22.0 Å². The van der Waals surface area contributed by atoms with Crippen molar-refractivity contribution < 1.29 is 19.8 Å². The number of carbonyl (C=O) groups is 2. The molecule has 1 atom stereocenters. The van der Waals surface area contributed by atoms with Gasteiger partial charge in [-0.15, -0.1) is 0 Å². The van der Waals surface area contributed by atoms with E-state index in [1.165, 1.54) is 17.6 Å². The Kier molecular flexibility index (Phi) is 5.07. The van der Waals surface area contributed by atoms with Crippen LogP contribution in [-0.4, -0.2) is 62.2 Å². The van der Waals surface area contributed by atoms with Gasteiger partial charge in [0.1, 0.15) is 11.9 Å². The molecule has 3 heterocycles. The Morgan fingerprint density at radius 2 is 1.78 bits per heavy atom. The number of hydrogen-bond acceptors (Lipinski definition) is 6. The van der Waals surface area contributed by atoms with Crippen molar-refractivity contribution in [2.24, 2.45) is 7.05 Å². The Labute approximate surface area is 188 Å². The maximum absolute atomic E-state index is 12.3. The molecular formula is C23H22N4O4S. The zero-order valence-corrected chi connectivity index (χ0v) is 18.2. The third kappa shape index (κ3) is 3.39. The van der Waals surface area contributed by atoms with Crippen molar-refractivity contribution >= 4 is 50.3 Å². The van der Waals surface area contributed by atoms with Gasteiger partial charge in [-0.1, -0.05) is 18.2 Å². The van der Waals surface area contributed by atoms with E-state index in [1.54, 1.807) is 22.9 Å². The van der Waals surface area contributed by atoms with E-state index in [0.717, 1.165) is 21.3 Å². The van der Waals surface area contributed by atoms with Crippen molar-refractivity contribution in [3.05, 3.63) is 59.8 Å². The van der Waals surface area contributed by atoms with Gasteiger partial charge in [-0.05, 0) is 35.8 Å². The molecule has 0 aliphatic carbocycles. The molecule has 0 bridgehead atoms. The highest BCUT2D eigenvalue weighted by Crippen LogP contribution is 2.34. The predicted octanol–water partition coefficient (Wildman–Crippen LogP) is 3.43. The molecule has 0 spiro atoms. The molecule has 1 aliphatic rings. The third-order valence-electron chi connectivity index (χ3n) is 6.13. The number of carboxylic acids is 2. The van der Waals surface area contributed by atoms with E-state index in [1.807, 2.05) is 24.1 Å². The van der Waals surface area contributed by atoms with E-state index in [0.29, 0.717) is 37.3 Å². The lowest BCUT2D eigenvalue weighted by Gasteiger charge is -2.38. The summed E-state index contributed by atoms with van der Waals surface area (Å²) in [5, 5.41) is 21.3. The Bertz CT molecular complexity index is 1340. The average Bonchev–Trinajstić information content (AvgIpc) is 3.35. The van der Waals surface area contributed by atoms with E-state index in [9.17, 15) is 19.8 Å². The van der Waals surface area contributed by atoms with Crippen LogP contribution in [0.5, 0.6) is 0 Å². The van der Waals surface area contributed by atoms with Gasteiger partial charge < -0.3 is 19.7 Å². The summed E-state index contributed by atoms with van der Waals surface area (Å²) in [7, 11) is 1.81. The number of aryl methyl sites for hydroxylation is 1. The van der Waals surface area contributed by atoms with Crippen LogP contribution in [0.15, 0.2) is 48.7 Å². The molecule has 8 nitrogen and oxygen atoms in total. The molecule has 0 saturated carbocycles. The van der Waals surface area contributed by atoms with Gasteiger partial charge >= 0.3 is 11.9 Å². The first-order valence-corrected chi connectivity index (χ1v) is 11.1. The Hall–Kier alpha value is -3.43. The van der Waals surface area contributed by atoms with E-state index in [4.69, 9.17) is 0 Å². The Morgan fingerprint density at radius 3 is 2.50 bits per heavy atom. The highest BCUT2D eigenvalue weighted by molar-refractivity contribution is 7.13. The number of carboxylic acid groups (broad SMARTS) is 2. The number of piperazine rings is 1. The van der Waals surface area contributed by atoms with Crippen molar-refractivity contribution in [2.45, 2.75) is 6.04 Å². The minimum Gasteiger partial charge on any atom is -0.480 e. The van der Waals surface area contributed by atoms with E-state index in [-0.39, 0.29) is 5.56 Å².